The number of phenolic OH excluding ortho intramolecular Hbond substituents is 1. The number of halogens is 1. The first kappa shape index (κ1) is 18.2. The maximum absolute atomic E-state index is 12.1. The zero-order valence-corrected chi connectivity index (χ0v) is 15.0. The van der Waals surface area contributed by atoms with Crippen molar-refractivity contribution in [3.63, 3.8) is 0 Å². The van der Waals surface area contributed by atoms with E-state index in [1.54, 1.807) is 24.3 Å². The van der Waals surface area contributed by atoms with E-state index in [4.69, 9.17) is 17.3 Å². The van der Waals surface area contributed by atoms with E-state index in [2.05, 4.69) is 15.3 Å². The van der Waals surface area contributed by atoms with Gasteiger partial charge in [-0.1, -0.05) is 23.7 Å². The van der Waals surface area contributed by atoms with Crippen molar-refractivity contribution in [3.8, 4) is 5.75 Å². The molecular formula is C19H21ClN4O2. The topological polar surface area (TPSA) is 104 Å². The molecule has 7 heteroatoms. The molecular weight excluding hydrogens is 352 g/mol. The fourth-order valence-electron chi connectivity index (χ4n) is 2.73. The standard InChI is InChI=1S/C19H21ClN4O2/c20-13-5-8-16-17(11-13)24-18(23-16)2-1-9-22-19(26)15(21)10-12-3-6-14(25)7-4-12/h3-8,11,15,25H,1-2,9-10,21H2,(H,22,26)(H,23,24). The summed E-state index contributed by atoms with van der Waals surface area (Å²) in [5.41, 5.74) is 8.64. The van der Waals surface area contributed by atoms with Crippen molar-refractivity contribution in [1.82, 2.24) is 15.3 Å². The number of imidazole rings is 1. The molecule has 1 aromatic heterocycles. The molecule has 5 N–H and O–H groups in total. The Morgan fingerprint density at radius 3 is 2.81 bits per heavy atom. The van der Waals surface area contributed by atoms with Crippen LogP contribution in [0.4, 0.5) is 0 Å². The van der Waals surface area contributed by atoms with Gasteiger partial charge in [0.05, 0.1) is 17.1 Å². The first-order valence-electron chi connectivity index (χ1n) is 8.46. The molecule has 0 spiro atoms. The number of nitrogens with zero attached hydrogens (tertiary/aromatic N) is 1. The Morgan fingerprint density at radius 1 is 1.27 bits per heavy atom. The third-order valence-corrected chi connectivity index (χ3v) is 4.35. The minimum absolute atomic E-state index is 0.186. The average molecular weight is 373 g/mol. The third-order valence-electron chi connectivity index (χ3n) is 4.11. The van der Waals surface area contributed by atoms with Gasteiger partial charge in [0.2, 0.25) is 5.91 Å². The molecule has 0 aliphatic rings. The van der Waals surface area contributed by atoms with Crippen molar-refractivity contribution < 1.29 is 9.90 Å². The van der Waals surface area contributed by atoms with Gasteiger partial charge in [0.15, 0.2) is 0 Å². The Balaban J connectivity index is 1.43. The fraction of sp³-hybridized carbons (Fsp3) is 0.263. The lowest BCUT2D eigenvalue weighted by atomic mass is 10.1. The Morgan fingerprint density at radius 2 is 2.04 bits per heavy atom. The first-order valence-corrected chi connectivity index (χ1v) is 8.84. The highest BCUT2D eigenvalue weighted by Gasteiger charge is 2.13. The molecule has 1 heterocycles. The van der Waals surface area contributed by atoms with E-state index in [9.17, 15) is 9.90 Å². The SMILES string of the molecule is NC(Cc1ccc(O)cc1)C(=O)NCCCc1nc2ccc(Cl)cc2[nH]1. The Hall–Kier alpha value is -2.57. The molecule has 0 bridgehead atoms. The first-order chi connectivity index (χ1) is 12.5. The van der Waals surface area contributed by atoms with Crippen LogP contribution in [0.2, 0.25) is 5.02 Å². The number of rotatable bonds is 7. The van der Waals surface area contributed by atoms with Crippen molar-refractivity contribution in [3.05, 3.63) is 58.9 Å². The van der Waals surface area contributed by atoms with E-state index in [0.29, 0.717) is 18.0 Å². The molecule has 3 rings (SSSR count). The van der Waals surface area contributed by atoms with Gasteiger partial charge in [0, 0.05) is 18.0 Å². The summed E-state index contributed by atoms with van der Waals surface area (Å²) < 4.78 is 0. The zero-order valence-electron chi connectivity index (χ0n) is 14.2. The fourth-order valence-corrected chi connectivity index (χ4v) is 2.90. The maximum atomic E-state index is 12.1. The number of hydrogen-bond donors (Lipinski definition) is 4. The molecule has 1 amide bonds. The molecule has 1 unspecified atom stereocenters. The molecule has 136 valence electrons. The summed E-state index contributed by atoms with van der Waals surface area (Å²) in [4.78, 5) is 19.8. The predicted molar refractivity (Wildman–Crippen MR) is 102 cm³/mol. The summed E-state index contributed by atoms with van der Waals surface area (Å²) in [6, 6.07) is 11.6. The smallest absolute Gasteiger partial charge is 0.237 e. The van der Waals surface area contributed by atoms with Gasteiger partial charge >= 0.3 is 0 Å². The monoisotopic (exact) mass is 372 g/mol. The summed E-state index contributed by atoms with van der Waals surface area (Å²) in [6.07, 6.45) is 1.90. The summed E-state index contributed by atoms with van der Waals surface area (Å²) in [6.45, 7) is 0.528. The number of H-pyrrole nitrogens is 1. The van der Waals surface area contributed by atoms with E-state index in [1.807, 2.05) is 18.2 Å². The van der Waals surface area contributed by atoms with Crippen LogP contribution in [0, 0.1) is 0 Å². The Kier molecular flexibility index (Phi) is 5.75. The number of aryl methyl sites for hydroxylation is 1. The van der Waals surface area contributed by atoms with Crippen LogP contribution in [-0.4, -0.2) is 33.6 Å². The van der Waals surface area contributed by atoms with Gasteiger partial charge in [-0.25, -0.2) is 4.98 Å². The molecule has 26 heavy (non-hydrogen) atoms. The second-order valence-electron chi connectivity index (χ2n) is 6.22. The van der Waals surface area contributed by atoms with Crippen LogP contribution >= 0.6 is 11.6 Å². The van der Waals surface area contributed by atoms with Crippen molar-refractivity contribution in [2.45, 2.75) is 25.3 Å². The number of hydrogen-bond acceptors (Lipinski definition) is 4. The maximum Gasteiger partial charge on any atom is 0.237 e. The second-order valence-corrected chi connectivity index (χ2v) is 6.65. The summed E-state index contributed by atoms with van der Waals surface area (Å²) in [7, 11) is 0. The Bertz CT molecular complexity index is 892. The molecule has 2 aromatic carbocycles. The number of aromatic nitrogens is 2. The van der Waals surface area contributed by atoms with Gasteiger partial charge in [-0.15, -0.1) is 0 Å². The summed E-state index contributed by atoms with van der Waals surface area (Å²) in [5.74, 6) is 0.874. The van der Waals surface area contributed by atoms with Crippen molar-refractivity contribution in [1.29, 1.82) is 0 Å². The van der Waals surface area contributed by atoms with Crippen molar-refractivity contribution >= 4 is 28.5 Å². The highest BCUT2D eigenvalue weighted by molar-refractivity contribution is 6.31. The van der Waals surface area contributed by atoms with Gasteiger partial charge in [-0.2, -0.15) is 0 Å². The lowest BCUT2D eigenvalue weighted by molar-refractivity contribution is -0.122. The van der Waals surface area contributed by atoms with Crippen LogP contribution in [0.3, 0.4) is 0 Å². The number of phenols is 1. The zero-order chi connectivity index (χ0) is 18.5. The largest absolute Gasteiger partial charge is 0.508 e. The summed E-state index contributed by atoms with van der Waals surface area (Å²) >= 11 is 5.97. The van der Waals surface area contributed by atoms with E-state index in [1.165, 1.54) is 0 Å². The number of aromatic amines is 1. The van der Waals surface area contributed by atoms with E-state index in [0.717, 1.165) is 35.3 Å². The minimum Gasteiger partial charge on any atom is -0.508 e. The highest BCUT2D eigenvalue weighted by atomic mass is 35.5. The molecule has 0 fully saturated rings. The number of nitrogens with one attached hydrogen (secondary N) is 2. The number of nitrogens with two attached hydrogens (primary N) is 1. The van der Waals surface area contributed by atoms with Gasteiger partial charge in [0.25, 0.3) is 0 Å². The van der Waals surface area contributed by atoms with E-state index in [-0.39, 0.29) is 11.7 Å². The summed E-state index contributed by atoms with van der Waals surface area (Å²) in [5, 5.41) is 12.8. The van der Waals surface area contributed by atoms with Gasteiger partial charge in [-0.3, -0.25) is 4.79 Å². The molecule has 0 aliphatic carbocycles. The van der Waals surface area contributed by atoms with Crippen LogP contribution < -0.4 is 11.1 Å². The number of carbonyl (C=O) groups is 1. The number of carbonyl (C=O) groups excluding carboxylic acids is 1. The number of fused-ring (bicyclic) bond motifs is 1. The Labute approximate surface area is 156 Å². The molecule has 0 saturated carbocycles. The lowest BCUT2D eigenvalue weighted by Crippen LogP contribution is -2.42. The number of aromatic hydroxyl groups is 1. The average Bonchev–Trinajstić information content (AvgIpc) is 3.02. The quantitative estimate of drug-likeness (QED) is 0.478. The molecule has 0 aliphatic heterocycles. The van der Waals surface area contributed by atoms with E-state index >= 15 is 0 Å². The van der Waals surface area contributed by atoms with Gasteiger partial charge < -0.3 is 21.1 Å². The van der Waals surface area contributed by atoms with Crippen LogP contribution in [0.5, 0.6) is 5.75 Å². The lowest BCUT2D eigenvalue weighted by Gasteiger charge is -2.12. The molecule has 3 aromatic rings. The minimum atomic E-state index is -0.618. The molecule has 0 saturated heterocycles. The van der Waals surface area contributed by atoms with Crippen LogP contribution in [0.15, 0.2) is 42.5 Å². The number of benzene rings is 2. The van der Waals surface area contributed by atoms with Crippen LogP contribution in [-0.2, 0) is 17.6 Å². The van der Waals surface area contributed by atoms with Crippen LogP contribution in [0.25, 0.3) is 11.0 Å². The third kappa shape index (κ3) is 4.74. The number of amides is 1. The van der Waals surface area contributed by atoms with Gasteiger partial charge in [-0.05, 0) is 48.7 Å². The highest BCUT2D eigenvalue weighted by Crippen LogP contribution is 2.17. The normalized spacial score (nSPS) is 12.2. The predicted octanol–water partition coefficient (Wildman–Crippen LogP) is 2.54. The molecule has 6 nitrogen and oxygen atoms in total. The molecule has 1 atom stereocenters. The van der Waals surface area contributed by atoms with Crippen molar-refractivity contribution in [2.24, 2.45) is 5.73 Å². The van der Waals surface area contributed by atoms with Crippen LogP contribution in [0.1, 0.15) is 17.8 Å². The van der Waals surface area contributed by atoms with E-state index < -0.39 is 6.04 Å². The second kappa shape index (κ2) is 8.21. The van der Waals surface area contributed by atoms with Crippen molar-refractivity contribution in [2.75, 3.05) is 6.54 Å². The van der Waals surface area contributed by atoms with Gasteiger partial charge in [0.1, 0.15) is 11.6 Å². The molecule has 0 radical (unpaired) electrons.